The second-order valence-electron chi connectivity index (χ2n) is 3.50. The van der Waals surface area contributed by atoms with Crippen molar-refractivity contribution in [2.75, 3.05) is 25.1 Å². The van der Waals surface area contributed by atoms with E-state index in [2.05, 4.69) is 19.2 Å². The van der Waals surface area contributed by atoms with Crippen LogP contribution in [-0.4, -0.2) is 48.0 Å². The molecule has 0 aromatic heterocycles. The molecule has 1 aliphatic rings. The molecule has 1 heterocycles. The first-order valence-electron chi connectivity index (χ1n) is 4.68. The summed E-state index contributed by atoms with van der Waals surface area (Å²) in [6.07, 6.45) is 1.97. The summed E-state index contributed by atoms with van der Waals surface area (Å²) < 4.78 is 0. The van der Waals surface area contributed by atoms with Gasteiger partial charge in [-0.05, 0) is 20.1 Å². The number of nitrogens with one attached hydrogen (secondary N) is 1. The number of rotatable bonds is 2. The van der Waals surface area contributed by atoms with E-state index >= 15 is 0 Å². The van der Waals surface area contributed by atoms with E-state index < -0.39 is 0 Å². The summed E-state index contributed by atoms with van der Waals surface area (Å²) in [5.74, 6) is 0.880. The van der Waals surface area contributed by atoms with Crippen molar-refractivity contribution >= 4 is 30.1 Å². The number of hydrogen-bond donors (Lipinski definition) is 1. The summed E-state index contributed by atoms with van der Waals surface area (Å²) in [4.78, 5) is 13.6. The predicted octanol–water partition coefficient (Wildman–Crippen LogP) is 0.980. The van der Waals surface area contributed by atoms with Gasteiger partial charge in [0.15, 0.2) is 0 Å². The van der Waals surface area contributed by atoms with Crippen molar-refractivity contribution in [2.24, 2.45) is 0 Å². The lowest BCUT2D eigenvalue weighted by atomic mass is 10.1. The summed E-state index contributed by atoms with van der Waals surface area (Å²) in [7, 11) is 0. The van der Waals surface area contributed by atoms with Crippen molar-refractivity contribution in [1.29, 1.82) is 0 Å². The Morgan fingerprint density at radius 2 is 2.21 bits per heavy atom. The summed E-state index contributed by atoms with van der Waals surface area (Å²) in [6.45, 7) is 6.01. The smallest absolute Gasteiger partial charge is 0.232 e. The lowest BCUT2D eigenvalue weighted by Crippen LogP contribution is -2.57. The zero-order chi connectivity index (χ0) is 9.84. The molecule has 3 nitrogen and oxygen atoms in total. The van der Waals surface area contributed by atoms with Crippen LogP contribution in [0.4, 0.5) is 0 Å². The van der Waals surface area contributed by atoms with Crippen molar-refractivity contribution in [3.63, 3.8) is 0 Å². The Bertz CT molecular complexity index is 192. The molecule has 0 aromatic carbocycles. The number of carbonyl (C=O) groups is 1. The third kappa shape index (κ3) is 3.33. The fourth-order valence-corrected chi connectivity index (χ4v) is 2.03. The molecule has 1 amide bonds. The fraction of sp³-hybridized carbons (Fsp3) is 0.889. The maximum Gasteiger partial charge on any atom is 0.232 e. The maximum absolute atomic E-state index is 11.6. The van der Waals surface area contributed by atoms with Crippen LogP contribution in [0, 0.1) is 0 Å². The van der Waals surface area contributed by atoms with Gasteiger partial charge in [0.2, 0.25) is 5.91 Å². The molecule has 1 aliphatic heterocycles. The largest absolute Gasteiger partial charge is 0.336 e. The lowest BCUT2D eigenvalue weighted by Gasteiger charge is -2.38. The van der Waals surface area contributed by atoms with Crippen LogP contribution in [0.1, 0.15) is 13.8 Å². The number of amides is 1. The molecule has 0 radical (unpaired) electrons. The highest BCUT2D eigenvalue weighted by molar-refractivity contribution is 7.99. The second-order valence-corrected chi connectivity index (χ2v) is 4.37. The number of piperazine rings is 1. The van der Waals surface area contributed by atoms with Crippen molar-refractivity contribution in [1.82, 2.24) is 10.2 Å². The lowest BCUT2D eigenvalue weighted by molar-refractivity contribution is -0.131. The van der Waals surface area contributed by atoms with Crippen LogP contribution in [0.25, 0.3) is 0 Å². The molecule has 5 heteroatoms. The molecule has 1 N–H and O–H groups in total. The number of halogens is 1. The summed E-state index contributed by atoms with van der Waals surface area (Å²) in [5, 5.41) is 3.36. The maximum atomic E-state index is 11.6. The highest BCUT2D eigenvalue weighted by Crippen LogP contribution is 2.10. The van der Waals surface area contributed by atoms with Crippen LogP contribution in [0.5, 0.6) is 0 Å². The summed E-state index contributed by atoms with van der Waals surface area (Å²) in [6, 6.07) is 0.743. The Labute approximate surface area is 96.4 Å². The molecule has 2 unspecified atom stereocenters. The molecular formula is C9H19ClN2OS. The SMILES string of the molecule is CSCC(=O)N1CCNC(C)C1C.Cl. The highest BCUT2D eigenvalue weighted by atomic mass is 35.5. The second kappa shape index (κ2) is 6.53. The standard InChI is InChI=1S/C9H18N2OS.ClH/c1-7-8(2)11(5-4-10-7)9(12)6-13-3;/h7-8,10H,4-6H2,1-3H3;1H. The van der Waals surface area contributed by atoms with Crippen LogP contribution in [0.3, 0.4) is 0 Å². The highest BCUT2D eigenvalue weighted by Gasteiger charge is 2.27. The molecule has 84 valence electrons. The Hall–Kier alpha value is 0.0700. The average molecular weight is 239 g/mol. The Kier molecular flexibility index (Phi) is 6.57. The predicted molar refractivity (Wildman–Crippen MR) is 64.3 cm³/mol. The minimum absolute atomic E-state index is 0. The van der Waals surface area contributed by atoms with Gasteiger partial charge < -0.3 is 10.2 Å². The molecule has 0 saturated carbocycles. The minimum Gasteiger partial charge on any atom is -0.336 e. The van der Waals surface area contributed by atoms with Gasteiger partial charge >= 0.3 is 0 Å². The summed E-state index contributed by atoms with van der Waals surface area (Å²) >= 11 is 1.60. The van der Waals surface area contributed by atoms with E-state index in [-0.39, 0.29) is 18.3 Å². The van der Waals surface area contributed by atoms with Crippen LogP contribution in [0.2, 0.25) is 0 Å². The third-order valence-electron chi connectivity index (χ3n) is 2.62. The Morgan fingerprint density at radius 1 is 1.57 bits per heavy atom. The number of carbonyl (C=O) groups excluding carboxylic acids is 1. The first-order valence-corrected chi connectivity index (χ1v) is 6.08. The molecular weight excluding hydrogens is 220 g/mol. The van der Waals surface area contributed by atoms with E-state index in [1.807, 2.05) is 11.2 Å². The molecule has 0 spiro atoms. The zero-order valence-electron chi connectivity index (χ0n) is 8.95. The first-order chi connectivity index (χ1) is 6.16. The third-order valence-corrected chi connectivity index (χ3v) is 3.16. The quantitative estimate of drug-likeness (QED) is 0.779. The van der Waals surface area contributed by atoms with Crippen molar-refractivity contribution < 1.29 is 4.79 Å². The van der Waals surface area contributed by atoms with Crippen LogP contribution < -0.4 is 5.32 Å². The van der Waals surface area contributed by atoms with E-state index in [4.69, 9.17) is 0 Å². The van der Waals surface area contributed by atoms with Gasteiger partial charge in [0.1, 0.15) is 0 Å². The van der Waals surface area contributed by atoms with Gasteiger partial charge in [0, 0.05) is 25.2 Å². The van der Waals surface area contributed by atoms with Crippen molar-refractivity contribution in [2.45, 2.75) is 25.9 Å². The van der Waals surface area contributed by atoms with E-state index in [0.717, 1.165) is 13.1 Å². The molecule has 14 heavy (non-hydrogen) atoms. The normalized spacial score (nSPS) is 26.9. The first kappa shape index (κ1) is 14.1. The zero-order valence-corrected chi connectivity index (χ0v) is 10.6. The molecule has 1 fully saturated rings. The Balaban J connectivity index is 0.00000169. The van der Waals surface area contributed by atoms with Gasteiger partial charge in [-0.3, -0.25) is 4.79 Å². The average Bonchev–Trinajstić information content (AvgIpc) is 2.10. The van der Waals surface area contributed by atoms with Crippen LogP contribution >= 0.6 is 24.2 Å². The van der Waals surface area contributed by atoms with Crippen molar-refractivity contribution in [3.05, 3.63) is 0 Å². The number of thioether (sulfide) groups is 1. The fourth-order valence-electron chi connectivity index (χ4n) is 1.61. The van der Waals surface area contributed by atoms with Crippen LogP contribution in [0.15, 0.2) is 0 Å². The van der Waals surface area contributed by atoms with Gasteiger partial charge in [0.25, 0.3) is 0 Å². The van der Waals surface area contributed by atoms with E-state index in [1.165, 1.54) is 0 Å². The van der Waals surface area contributed by atoms with Gasteiger partial charge in [-0.1, -0.05) is 0 Å². The van der Waals surface area contributed by atoms with Gasteiger partial charge in [0.05, 0.1) is 5.75 Å². The van der Waals surface area contributed by atoms with Gasteiger partial charge in [-0.2, -0.15) is 11.8 Å². The molecule has 1 saturated heterocycles. The summed E-state index contributed by atoms with van der Waals surface area (Å²) in [5.41, 5.74) is 0. The van der Waals surface area contributed by atoms with Gasteiger partial charge in [-0.15, -0.1) is 12.4 Å². The van der Waals surface area contributed by atoms with Crippen molar-refractivity contribution in [3.8, 4) is 0 Å². The minimum atomic E-state index is 0. The number of hydrogen-bond acceptors (Lipinski definition) is 3. The van der Waals surface area contributed by atoms with Crippen LogP contribution in [-0.2, 0) is 4.79 Å². The molecule has 2 atom stereocenters. The molecule has 1 rings (SSSR count). The Morgan fingerprint density at radius 3 is 2.79 bits per heavy atom. The monoisotopic (exact) mass is 238 g/mol. The molecule has 0 aliphatic carbocycles. The topological polar surface area (TPSA) is 32.3 Å². The number of nitrogens with zero attached hydrogens (tertiary/aromatic N) is 1. The van der Waals surface area contributed by atoms with E-state index in [0.29, 0.717) is 17.8 Å². The van der Waals surface area contributed by atoms with E-state index in [9.17, 15) is 4.79 Å². The van der Waals surface area contributed by atoms with Gasteiger partial charge in [-0.25, -0.2) is 0 Å². The van der Waals surface area contributed by atoms with E-state index in [1.54, 1.807) is 11.8 Å². The molecule has 0 aromatic rings. The molecule has 0 bridgehead atoms.